The summed E-state index contributed by atoms with van der Waals surface area (Å²) in [6.07, 6.45) is 0.00161. The second-order valence-electron chi connectivity index (χ2n) is 5.02. The van der Waals surface area contributed by atoms with Crippen LogP contribution in [0.1, 0.15) is 26.7 Å². The molecular formula is C12H21N3O5. The van der Waals surface area contributed by atoms with Gasteiger partial charge in [-0.15, -0.1) is 0 Å². The van der Waals surface area contributed by atoms with Gasteiger partial charge in [-0.05, 0) is 26.7 Å². The van der Waals surface area contributed by atoms with Gasteiger partial charge in [0.25, 0.3) is 0 Å². The molecule has 8 nitrogen and oxygen atoms in total. The van der Waals surface area contributed by atoms with Crippen molar-refractivity contribution in [3.8, 4) is 0 Å². The zero-order valence-electron chi connectivity index (χ0n) is 11.6. The number of carboxylic acids is 1. The lowest BCUT2D eigenvalue weighted by Gasteiger charge is -2.26. The highest BCUT2D eigenvalue weighted by atomic mass is 16.4. The van der Waals surface area contributed by atoms with Crippen LogP contribution in [0.5, 0.6) is 0 Å². The molecule has 1 rings (SSSR count). The minimum Gasteiger partial charge on any atom is -0.480 e. The van der Waals surface area contributed by atoms with E-state index in [4.69, 9.17) is 10.8 Å². The lowest BCUT2D eigenvalue weighted by molar-refractivity contribution is -0.149. The average molecular weight is 287 g/mol. The maximum Gasteiger partial charge on any atom is 0.326 e. The van der Waals surface area contributed by atoms with Crippen molar-refractivity contribution in [2.75, 3.05) is 6.54 Å². The number of aliphatic carboxylic acids is 1. The van der Waals surface area contributed by atoms with Gasteiger partial charge >= 0.3 is 5.97 Å². The molecule has 0 radical (unpaired) electrons. The average Bonchev–Trinajstić information content (AvgIpc) is 2.85. The number of carbonyl (C=O) groups is 3. The van der Waals surface area contributed by atoms with Crippen molar-refractivity contribution in [3.05, 3.63) is 0 Å². The van der Waals surface area contributed by atoms with Crippen molar-refractivity contribution in [3.63, 3.8) is 0 Å². The van der Waals surface area contributed by atoms with Crippen molar-refractivity contribution in [2.45, 2.75) is 50.9 Å². The Morgan fingerprint density at radius 3 is 2.45 bits per heavy atom. The van der Waals surface area contributed by atoms with Gasteiger partial charge in [-0.1, -0.05) is 0 Å². The number of amides is 2. The fourth-order valence-electron chi connectivity index (χ4n) is 2.13. The number of carbonyl (C=O) groups excluding carboxylic acids is 2. The molecular weight excluding hydrogens is 266 g/mol. The third kappa shape index (κ3) is 3.67. The number of aliphatic hydroxyl groups is 1. The summed E-state index contributed by atoms with van der Waals surface area (Å²) in [5.74, 6) is -2.15. The molecule has 4 atom stereocenters. The number of nitrogens with zero attached hydrogens (tertiary/aromatic N) is 1. The van der Waals surface area contributed by atoms with Crippen LogP contribution < -0.4 is 11.1 Å². The summed E-state index contributed by atoms with van der Waals surface area (Å²) in [7, 11) is 0. The molecule has 114 valence electrons. The van der Waals surface area contributed by atoms with E-state index < -0.39 is 42.0 Å². The molecule has 0 aromatic rings. The maximum absolute atomic E-state index is 12.1. The first-order chi connectivity index (χ1) is 9.25. The fourth-order valence-corrected chi connectivity index (χ4v) is 2.13. The van der Waals surface area contributed by atoms with Gasteiger partial charge in [-0.2, -0.15) is 0 Å². The SMILES string of the molecule is CC(NC(=O)C(N)C(C)O)C(=O)N1CCCC1C(=O)O. The minimum absolute atomic E-state index is 0.360. The van der Waals surface area contributed by atoms with Crippen LogP contribution in [0.25, 0.3) is 0 Å². The number of nitrogens with one attached hydrogen (secondary N) is 1. The quantitative estimate of drug-likeness (QED) is 0.475. The van der Waals surface area contributed by atoms with Crippen LogP contribution in [0.4, 0.5) is 0 Å². The van der Waals surface area contributed by atoms with Crippen LogP contribution >= 0.6 is 0 Å². The van der Waals surface area contributed by atoms with Gasteiger partial charge in [0.2, 0.25) is 11.8 Å². The molecule has 1 saturated heterocycles. The number of aliphatic hydroxyl groups excluding tert-OH is 1. The molecule has 1 fully saturated rings. The van der Waals surface area contributed by atoms with Gasteiger partial charge in [0.1, 0.15) is 18.1 Å². The van der Waals surface area contributed by atoms with Crippen LogP contribution in [-0.4, -0.2) is 63.7 Å². The summed E-state index contributed by atoms with van der Waals surface area (Å²) in [6, 6.07) is -2.85. The van der Waals surface area contributed by atoms with E-state index in [1.54, 1.807) is 0 Å². The van der Waals surface area contributed by atoms with Crippen LogP contribution in [0, 0.1) is 0 Å². The van der Waals surface area contributed by atoms with Crippen LogP contribution in [0.15, 0.2) is 0 Å². The van der Waals surface area contributed by atoms with Crippen LogP contribution in [-0.2, 0) is 14.4 Å². The molecule has 20 heavy (non-hydrogen) atoms. The van der Waals surface area contributed by atoms with Gasteiger partial charge in [-0.3, -0.25) is 9.59 Å². The molecule has 2 amide bonds. The van der Waals surface area contributed by atoms with Gasteiger partial charge in [-0.25, -0.2) is 4.79 Å². The third-order valence-electron chi connectivity index (χ3n) is 3.37. The van der Waals surface area contributed by atoms with Crippen molar-refractivity contribution < 1.29 is 24.6 Å². The standard InChI is InChI=1S/C12H21N3O5/c1-6(14-10(17)9(13)7(2)16)11(18)15-5-3-4-8(15)12(19)20/h6-9,16H,3-5,13H2,1-2H3,(H,14,17)(H,19,20). The van der Waals surface area contributed by atoms with E-state index in [0.717, 1.165) is 0 Å². The van der Waals surface area contributed by atoms with E-state index in [9.17, 15) is 19.5 Å². The summed E-state index contributed by atoms with van der Waals surface area (Å²) >= 11 is 0. The highest BCUT2D eigenvalue weighted by Gasteiger charge is 2.36. The van der Waals surface area contributed by atoms with Gasteiger partial charge < -0.3 is 26.2 Å². The molecule has 1 heterocycles. The van der Waals surface area contributed by atoms with Crippen LogP contribution in [0.3, 0.4) is 0 Å². The maximum atomic E-state index is 12.1. The first-order valence-corrected chi connectivity index (χ1v) is 6.53. The number of likely N-dealkylation sites (tertiary alicyclic amines) is 1. The molecule has 0 saturated carbocycles. The Morgan fingerprint density at radius 2 is 1.95 bits per heavy atom. The number of carboxylic acid groups (broad SMARTS) is 1. The molecule has 1 aliphatic rings. The third-order valence-corrected chi connectivity index (χ3v) is 3.37. The van der Waals surface area contributed by atoms with Crippen molar-refractivity contribution in [1.82, 2.24) is 10.2 Å². The molecule has 4 unspecified atom stereocenters. The van der Waals surface area contributed by atoms with E-state index in [1.165, 1.54) is 18.7 Å². The normalized spacial score (nSPS) is 23.0. The van der Waals surface area contributed by atoms with E-state index in [1.807, 2.05) is 0 Å². The Morgan fingerprint density at radius 1 is 1.35 bits per heavy atom. The zero-order chi connectivity index (χ0) is 15.4. The summed E-state index contributed by atoms with van der Waals surface area (Å²) in [5.41, 5.74) is 5.46. The summed E-state index contributed by atoms with van der Waals surface area (Å²) < 4.78 is 0. The Kier molecular flexibility index (Phi) is 5.46. The summed E-state index contributed by atoms with van der Waals surface area (Å²) in [6.45, 7) is 3.20. The second kappa shape index (κ2) is 6.67. The Balaban J connectivity index is 2.63. The monoisotopic (exact) mass is 287 g/mol. The largest absolute Gasteiger partial charge is 0.480 e. The van der Waals surface area contributed by atoms with Crippen molar-refractivity contribution in [1.29, 1.82) is 0 Å². The molecule has 0 spiro atoms. The number of hydrogen-bond donors (Lipinski definition) is 4. The van der Waals surface area contributed by atoms with E-state index in [0.29, 0.717) is 19.4 Å². The highest BCUT2D eigenvalue weighted by molar-refractivity contribution is 5.92. The summed E-state index contributed by atoms with van der Waals surface area (Å²) in [5, 5.41) is 20.6. The van der Waals surface area contributed by atoms with Crippen molar-refractivity contribution >= 4 is 17.8 Å². The smallest absolute Gasteiger partial charge is 0.326 e. The molecule has 8 heteroatoms. The lowest BCUT2D eigenvalue weighted by Crippen LogP contribution is -2.55. The molecule has 0 aromatic carbocycles. The predicted octanol–water partition coefficient (Wildman–Crippen LogP) is -1.73. The highest BCUT2D eigenvalue weighted by Crippen LogP contribution is 2.18. The topological polar surface area (TPSA) is 133 Å². The molecule has 5 N–H and O–H groups in total. The number of rotatable bonds is 5. The minimum atomic E-state index is -1.13. The molecule has 0 bridgehead atoms. The van der Waals surface area contributed by atoms with Crippen LogP contribution in [0.2, 0.25) is 0 Å². The van der Waals surface area contributed by atoms with Gasteiger partial charge in [0, 0.05) is 6.54 Å². The second-order valence-corrected chi connectivity index (χ2v) is 5.02. The Hall–Kier alpha value is -1.67. The van der Waals surface area contributed by atoms with Gasteiger partial charge in [0.05, 0.1) is 6.10 Å². The summed E-state index contributed by atoms with van der Waals surface area (Å²) in [4.78, 5) is 36.1. The Labute approximate surface area is 116 Å². The number of hydrogen-bond acceptors (Lipinski definition) is 5. The predicted molar refractivity (Wildman–Crippen MR) is 69.6 cm³/mol. The van der Waals surface area contributed by atoms with E-state index >= 15 is 0 Å². The van der Waals surface area contributed by atoms with E-state index in [2.05, 4.69) is 5.32 Å². The number of nitrogens with two attached hydrogens (primary N) is 1. The molecule has 0 aliphatic carbocycles. The van der Waals surface area contributed by atoms with Crippen molar-refractivity contribution in [2.24, 2.45) is 5.73 Å². The molecule has 1 aliphatic heterocycles. The van der Waals surface area contributed by atoms with E-state index in [-0.39, 0.29) is 0 Å². The fraction of sp³-hybridized carbons (Fsp3) is 0.750. The first-order valence-electron chi connectivity index (χ1n) is 6.53. The molecule has 0 aromatic heterocycles. The lowest BCUT2D eigenvalue weighted by atomic mass is 10.1. The van der Waals surface area contributed by atoms with Gasteiger partial charge in [0.15, 0.2) is 0 Å². The Bertz CT molecular complexity index is 399. The first kappa shape index (κ1) is 16.4. The zero-order valence-corrected chi connectivity index (χ0v) is 11.6.